The molecule has 0 saturated heterocycles. The Bertz CT molecular complexity index is 442. The lowest BCUT2D eigenvalue weighted by Crippen LogP contribution is -2.24. The van der Waals surface area contributed by atoms with Crippen molar-refractivity contribution in [1.29, 1.82) is 0 Å². The van der Waals surface area contributed by atoms with Gasteiger partial charge in [-0.1, -0.05) is 27.6 Å². The van der Waals surface area contributed by atoms with Crippen LogP contribution in [0.2, 0.25) is 0 Å². The number of halogens is 2. The SMILES string of the molecule is NC(CC1=CCCCC1)Cc1cc(Br)ccc1F. The maximum atomic E-state index is 13.6. The van der Waals surface area contributed by atoms with Crippen LogP contribution in [0.1, 0.15) is 37.7 Å². The van der Waals surface area contributed by atoms with Crippen LogP contribution in [0.5, 0.6) is 0 Å². The van der Waals surface area contributed by atoms with Crippen LogP contribution in [0.15, 0.2) is 34.3 Å². The molecule has 1 aromatic carbocycles. The van der Waals surface area contributed by atoms with Crippen molar-refractivity contribution in [3.05, 3.63) is 45.7 Å². The van der Waals surface area contributed by atoms with Crippen LogP contribution in [0.3, 0.4) is 0 Å². The van der Waals surface area contributed by atoms with E-state index in [1.165, 1.54) is 30.9 Å². The van der Waals surface area contributed by atoms with Gasteiger partial charge in [0.05, 0.1) is 0 Å². The zero-order valence-electron chi connectivity index (χ0n) is 10.5. The first-order chi connectivity index (χ1) is 8.65. The summed E-state index contributed by atoms with van der Waals surface area (Å²) >= 11 is 3.37. The van der Waals surface area contributed by atoms with Crippen molar-refractivity contribution in [2.24, 2.45) is 5.73 Å². The van der Waals surface area contributed by atoms with E-state index in [4.69, 9.17) is 5.73 Å². The predicted molar refractivity (Wildman–Crippen MR) is 76.9 cm³/mol. The van der Waals surface area contributed by atoms with Gasteiger partial charge in [0.25, 0.3) is 0 Å². The lowest BCUT2D eigenvalue weighted by atomic mass is 9.92. The molecule has 1 nitrogen and oxygen atoms in total. The Balaban J connectivity index is 1.96. The molecule has 0 fully saturated rings. The molecule has 0 amide bonds. The van der Waals surface area contributed by atoms with E-state index in [0.29, 0.717) is 12.0 Å². The fourth-order valence-electron chi connectivity index (χ4n) is 2.48. The fourth-order valence-corrected chi connectivity index (χ4v) is 2.89. The van der Waals surface area contributed by atoms with Gasteiger partial charge in [0.1, 0.15) is 5.82 Å². The molecule has 0 spiro atoms. The van der Waals surface area contributed by atoms with Crippen molar-refractivity contribution >= 4 is 15.9 Å². The standard InChI is InChI=1S/C15H19BrFN/c16-13-6-7-15(17)12(9-13)10-14(18)8-11-4-2-1-3-5-11/h4,6-7,9,14H,1-3,5,8,10,18H2. The van der Waals surface area contributed by atoms with Gasteiger partial charge in [0.2, 0.25) is 0 Å². The molecular weight excluding hydrogens is 293 g/mol. The zero-order chi connectivity index (χ0) is 13.0. The van der Waals surface area contributed by atoms with Gasteiger partial charge in [-0.25, -0.2) is 4.39 Å². The molecule has 2 N–H and O–H groups in total. The molecule has 0 heterocycles. The van der Waals surface area contributed by atoms with E-state index >= 15 is 0 Å². The average molecular weight is 312 g/mol. The minimum absolute atomic E-state index is 0.0122. The summed E-state index contributed by atoms with van der Waals surface area (Å²) in [7, 11) is 0. The molecule has 1 unspecified atom stereocenters. The molecule has 0 aliphatic heterocycles. The van der Waals surface area contributed by atoms with Crippen LogP contribution in [0.25, 0.3) is 0 Å². The number of allylic oxidation sites excluding steroid dienone is 1. The van der Waals surface area contributed by atoms with Crippen LogP contribution in [0.4, 0.5) is 4.39 Å². The lowest BCUT2D eigenvalue weighted by molar-refractivity contribution is 0.569. The number of rotatable bonds is 4. The Morgan fingerprint density at radius 2 is 2.11 bits per heavy atom. The summed E-state index contributed by atoms with van der Waals surface area (Å²) in [6, 6.07) is 5.04. The summed E-state index contributed by atoms with van der Waals surface area (Å²) in [6.45, 7) is 0. The third kappa shape index (κ3) is 3.92. The molecule has 18 heavy (non-hydrogen) atoms. The summed E-state index contributed by atoms with van der Waals surface area (Å²) in [5.41, 5.74) is 8.28. The van der Waals surface area contributed by atoms with Crippen molar-refractivity contribution in [2.45, 2.75) is 44.6 Å². The first-order valence-electron chi connectivity index (χ1n) is 6.52. The molecule has 1 aliphatic rings. The molecule has 98 valence electrons. The summed E-state index contributed by atoms with van der Waals surface area (Å²) in [6.07, 6.45) is 8.69. The topological polar surface area (TPSA) is 26.0 Å². The normalized spacial score (nSPS) is 17.4. The van der Waals surface area contributed by atoms with E-state index in [1.807, 2.05) is 6.07 Å². The zero-order valence-corrected chi connectivity index (χ0v) is 12.0. The van der Waals surface area contributed by atoms with Crippen LogP contribution >= 0.6 is 15.9 Å². The summed E-state index contributed by atoms with van der Waals surface area (Å²) in [4.78, 5) is 0. The smallest absolute Gasteiger partial charge is 0.126 e. The monoisotopic (exact) mass is 311 g/mol. The molecule has 2 rings (SSSR count). The van der Waals surface area contributed by atoms with Gasteiger partial charge in [-0.3, -0.25) is 0 Å². The highest BCUT2D eigenvalue weighted by molar-refractivity contribution is 9.10. The molecule has 0 saturated carbocycles. The highest BCUT2D eigenvalue weighted by atomic mass is 79.9. The predicted octanol–water partition coefficient (Wildman–Crippen LogP) is 4.35. The third-order valence-corrected chi connectivity index (χ3v) is 3.89. The Kier molecular flexibility index (Phi) is 4.95. The maximum Gasteiger partial charge on any atom is 0.126 e. The molecular formula is C15H19BrFN. The second-order valence-corrected chi connectivity index (χ2v) is 5.93. The number of nitrogens with two attached hydrogens (primary N) is 1. The number of hydrogen-bond acceptors (Lipinski definition) is 1. The van der Waals surface area contributed by atoms with E-state index in [1.54, 1.807) is 6.07 Å². The molecule has 3 heteroatoms. The van der Waals surface area contributed by atoms with Crippen LogP contribution in [-0.4, -0.2) is 6.04 Å². The van der Waals surface area contributed by atoms with Crippen LogP contribution < -0.4 is 5.73 Å². The molecule has 0 bridgehead atoms. The van der Waals surface area contributed by atoms with Crippen LogP contribution in [0, 0.1) is 5.82 Å². The van der Waals surface area contributed by atoms with Gasteiger partial charge in [-0.15, -0.1) is 0 Å². The second-order valence-electron chi connectivity index (χ2n) is 5.01. The molecule has 0 radical (unpaired) electrons. The summed E-state index contributed by atoms with van der Waals surface area (Å²) < 4.78 is 14.5. The lowest BCUT2D eigenvalue weighted by Gasteiger charge is -2.17. The van der Waals surface area contributed by atoms with Gasteiger partial charge < -0.3 is 5.73 Å². The Morgan fingerprint density at radius 3 is 2.83 bits per heavy atom. The quantitative estimate of drug-likeness (QED) is 0.822. The van der Waals surface area contributed by atoms with Crippen LogP contribution in [-0.2, 0) is 6.42 Å². The van der Waals surface area contributed by atoms with Gasteiger partial charge in [0.15, 0.2) is 0 Å². The fraction of sp³-hybridized carbons (Fsp3) is 0.467. The van der Waals surface area contributed by atoms with E-state index in [-0.39, 0.29) is 11.9 Å². The largest absolute Gasteiger partial charge is 0.327 e. The summed E-state index contributed by atoms with van der Waals surface area (Å²) in [5.74, 6) is -0.161. The number of benzene rings is 1. The Morgan fingerprint density at radius 1 is 1.28 bits per heavy atom. The molecule has 1 aliphatic carbocycles. The van der Waals surface area contributed by atoms with Crippen molar-refractivity contribution in [2.75, 3.05) is 0 Å². The van der Waals surface area contributed by atoms with Gasteiger partial charge in [-0.05, 0) is 62.3 Å². The highest BCUT2D eigenvalue weighted by Crippen LogP contribution is 2.23. The average Bonchev–Trinajstić information content (AvgIpc) is 2.35. The summed E-state index contributed by atoms with van der Waals surface area (Å²) in [5, 5.41) is 0. The minimum Gasteiger partial charge on any atom is -0.327 e. The van der Waals surface area contributed by atoms with Crippen molar-refractivity contribution < 1.29 is 4.39 Å². The molecule has 1 aromatic rings. The number of hydrogen-bond donors (Lipinski definition) is 1. The van der Waals surface area contributed by atoms with E-state index in [9.17, 15) is 4.39 Å². The molecule has 0 aromatic heterocycles. The van der Waals surface area contributed by atoms with E-state index in [2.05, 4.69) is 22.0 Å². The van der Waals surface area contributed by atoms with E-state index in [0.717, 1.165) is 17.3 Å². The first kappa shape index (κ1) is 13.8. The highest BCUT2D eigenvalue weighted by Gasteiger charge is 2.12. The van der Waals surface area contributed by atoms with E-state index < -0.39 is 0 Å². The van der Waals surface area contributed by atoms with Gasteiger partial charge in [-0.2, -0.15) is 0 Å². The second kappa shape index (κ2) is 6.48. The molecule has 1 atom stereocenters. The van der Waals surface area contributed by atoms with Gasteiger partial charge >= 0.3 is 0 Å². The van der Waals surface area contributed by atoms with Gasteiger partial charge in [0, 0.05) is 10.5 Å². The first-order valence-corrected chi connectivity index (χ1v) is 7.32. The Hall–Kier alpha value is -0.670. The third-order valence-electron chi connectivity index (χ3n) is 3.40. The van der Waals surface area contributed by atoms with Crippen molar-refractivity contribution in [3.8, 4) is 0 Å². The minimum atomic E-state index is -0.161. The van der Waals surface area contributed by atoms with Crippen molar-refractivity contribution in [3.63, 3.8) is 0 Å². The maximum absolute atomic E-state index is 13.6. The van der Waals surface area contributed by atoms with Crippen molar-refractivity contribution in [1.82, 2.24) is 0 Å². The Labute approximate surface area is 116 Å².